The first-order valence-corrected chi connectivity index (χ1v) is 14.1. The van der Waals surface area contributed by atoms with Gasteiger partial charge in [0.2, 0.25) is 0 Å². The smallest absolute Gasteiger partial charge is 0.549 e. The predicted octanol–water partition coefficient (Wildman–Crippen LogP) is 0.505. The topological polar surface area (TPSA) is 206 Å². The molecular weight excluding hydrogens is 519 g/mol. The number of carboxylic acids is 4. The number of rotatable bonds is 21. The minimum atomic E-state index is -5.11. The molecular formula is C24H43NaO11S. The third-order valence-corrected chi connectivity index (χ3v) is 7.18. The molecule has 0 aromatic heterocycles. The van der Waals surface area contributed by atoms with E-state index in [1.807, 2.05) is 0 Å². The number of aliphatic carboxylic acids is 4. The zero-order chi connectivity index (χ0) is 28.2. The van der Waals surface area contributed by atoms with Gasteiger partial charge in [-0.1, -0.05) is 90.9 Å². The molecule has 0 aliphatic carbocycles. The van der Waals surface area contributed by atoms with Crippen LogP contribution < -0.4 is 34.7 Å². The summed E-state index contributed by atoms with van der Waals surface area (Å²) in [7, 11) is -5.11. The van der Waals surface area contributed by atoms with Crippen molar-refractivity contribution in [1.82, 2.24) is 0 Å². The molecule has 0 spiro atoms. The fourth-order valence-electron chi connectivity index (χ4n) is 4.00. The zero-order valence-electron chi connectivity index (χ0n) is 22.4. The van der Waals surface area contributed by atoms with E-state index in [1.54, 1.807) is 0 Å². The Balaban J connectivity index is -0.00000110. The van der Waals surface area contributed by atoms with Crippen LogP contribution in [-0.4, -0.2) is 57.4 Å². The van der Waals surface area contributed by atoms with E-state index in [0.717, 1.165) is 51.4 Å². The van der Waals surface area contributed by atoms with Gasteiger partial charge < -0.3 is 25.2 Å². The molecule has 0 aromatic rings. The van der Waals surface area contributed by atoms with Gasteiger partial charge in [-0.3, -0.25) is 18.9 Å². The number of hydrogen-bond donors (Lipinski definition) is 4. The van der Waals surface area contributed by atoms with Gasteiger partial charge in [0.15, 0.2) is 0 Å². The van der Waals surface area contributed by atoms with Gasteiger partial charge in [0.25, 0.3) is 10.1 Å². The Morgan fingerprint density at radius 1 is 0.703 bits per heavy atom. The summed E-state index contributed by atoms with van der Waals surface area (Å²) in [4.78, 5) is 42.9. The van der Waals surface area contributed by atoms with Crippen LogP contribution in [0.2, 0.25) is 0 Å². The van der Waals surface area contributed by atoms with Crippen molar-refractivity contribution in [3.8, 4) is 0 Å². The molecule has 0 aliphatic heterocycles. The first kappa shape index (κ1) is 40.3. The normalized spacial score (nSPS) is 12.0. The number of unbranched alkanes of at least 4 members (excludes halogenated alkanes) is 10. The van der Waals surface area contributed by atoms with E-state index in [4.69, 9.17) is 10.2 Å². The summed E-state index contributed by atoms with van der Waals surface area (Å²) in [6.07, 6.45) is 9.36. The number of hydrogen-bond acceptors (Lipinski definition) is 7. The third-order valence-electron chi connectivity index (χ3n) is 5.95. The summed E-state index contributed by atoms with van der Waals surface area (Å²) < 4.78 is 33.0. The SMILES string of the molecule is CCCCCCCCC(CCCCCCCC)(C(=O)O)C(C(=O)[O-])S(=O)(=O)O.O=C(O)CCC(=O)O.[Na+]. The van der Waals surface area contributed by atoms with Crippen LogP contribution in [-0.2, 0) is 29.3 Å². The van der Waals surface area contributed by atoms with Crippen molar-refractivity contribution in [3.05, 3.63) is 0 Å². The van der Waals surface area contributed by atoms with Gasteiger partial charge in [0.1, 0.15) is 5.25 Å². The van der Waals surface area contributed by atoms with Crippen molar-refractivity contribution in [2.75, 3.05) is 0 Å². The van der Waals surface area contributed by atoms with Gasteiger partial charge in [-0.05, 0) is 12.8 Å². The maximum atomic E-state index is 12.1. The molecule has 11 nitrogen and oxygen atoms in total. The van der Waals surface area contributed by atoms with E-state index in [-0.39, 0.29) is 55.2 Å². The Bertz CT molecular complexity index is 739. The van der Waals surface area contributed by atoms with Crippen molar-refractivity contribution in [3.63, 3.8) is 0 Å². The van der Waals surface area contributed by atoms with Crippen molar-refractivity contribution in [2.45, 2.75) is 122 Å². The molecule has 37 heavy (non-hydrogen) atoms. The van der Waals surface area contributed by atoms with E-state index in [1.165, 1.54) is 0 Å². The van der Waals surface area contributed by atoms with Crippen molar-refractivity contribution in [1.29, 1.82) is 0 Å². The predicted molar refractivity (Wildman–Crippen MR) is 131 cm³/mol. The number of carboxylic acid groups (broad SMARTS) is 4. The molecule has 1 atom stereocenters. The average Bonchev–Trinajstić information content (AvgIpc) is 2.75. The van der Waals surface area contributed by atoms with E-state index in [0.29, 0.717) is 25.7 Å². The first-order valence-electron chi connectivity index (χ1n) is 12.6. The van der Waals surface area contributed by atoms with Crippen LogP contribution in [0.4, 0.5) is 0 Å². The maximum absolute atomic E-state index is 12.1. The molecule has 0 heterocycles. The Hall–Kier alpha value is -1.21. The second-order valence-corrected chi connectivity index (χ2v) is 10.5. The van der Waals surface area contributed by atoms with Gasteiger partial charge in [-0.25, -0.2) is 0 Å². The molecule has 1 unspecified atom stereocenters. The quantitative estimate of drug-likeness (QED) is 0.0860. The molecule has 212 valence electrons. The molecule has 0 fully saturated rings. The number of carbonyl (C=O) groups excluding carboxylic acids is 1. The molecule has 0 aromatic carbocycles. The van der Waals surface area contributed by atoms with Gasteiger partial charge in [-0.15, -0.1) is 0 Å². The van der Waals surface area contributed by atoms with E-state index in [9.17, 15) is 42.4 Å². The van der Waals surface area contributed by atoms with E-state index in [2.05, 4.69) is 13.8 Å². The summed E-state index contributed by atoms with van der Waals surface area (Å²) in [5.41, 5.74) is -2.07. The fourth-order valence-corrected chi connectivity index (χ4v) is 5.15. The third kappa shape index (κ3) is 19.5. The van der Waals surface area contributed by atoms with Crippen LogP contribution in [0.1, 0.15) is 117 Å². The Kier molecular flexibility index (Phi) is 24.8. The van der Waals surface area contributed by atoms with Crippen LogP contribution >= 0.6 is 0 Å². The summed E-state index contributed by atoms with van der Waals surface area (Å²) in [6, 6.07) is 0. The summed E-state index contributed by atoms with van der Waals surface area (Å²) in [5.74, 6) is -5.71. The minimum Gasteiger partial charge on any atom is -0.549 e. The average molecular weight is 563 g/mol. The summed E-state index contributed by atoms with van der Waals surface area (Å²) in [6.45, 7) is 4.15. The molecule has 0 aliphatic rings. The molecule has 0 radical (unpaired) electrons. The maximum Gasteiger partial charge on any atom is 1.00 e. The molecule has 0 saturated heterocycles. The standard InChI is InChI=1S/C20H38O7S.C4H6O4.Na/c1-3-5-7-9-11-13-15-20(19(23)24,16-14-12-10-8-6-4-2)17(18(21)22)28(25,26)27;5-3(6)1-2-4(7)8;/h17H,3-16H2,1-2H3,(H,21,22)(H,23,24)(H,25,26,27);1-2H2,(H,5,6)(H,7,8);/q;;+1/p-1. The second-order valence-electron chi connectivity index (χ2n) is 9.00. The molecule has 0 bridgehead atoms. The molecule has 0 saturated carbocycles. The molecule has 13 heteroatoms. The number of carbonyl (C=O) groups is 4. The van der Waals surface area contributed by atoms with E-state index < -0.39 is 44.7 Å². The van der Waals surface area contributed by atoms with Crippen molar-refractivity contribution in [2.24, 2.45) is 5.41 Å². The van der Waals surface area contributed by atoms with Gasteiger partial charge in [0.05, 0.1) is 24.2 Å². The van der Waals surface area contributed by atoms with Gasteiger partial charge in [0, 0.05) is 0 Å². The van der Waals surface area contributed by atoms with Gasteiger partial charge in [-0.2, -0.15) is 8.42 Å². The Morgan fingerprint density at radius 2 is 1.03 bits per heavy atom. The Labute approximate surface area is 242 Å². The van der Waals surface area contributed by atoms with Crippen LogP contribution in [0.25, 0.3) is 0 Å². The van der Waals surface area contributed by atoms with Crippen LogP contribution in [0.15, 0.2) is 0 Å². The van der Waals surface area contributed by atoms with Crippen LogP contribution in [0, 0.1) is 5.41 Å². The van der Waals surface area contributed by atoms with Crippen LogP contribution in [0.3, 0.4) is 0 Å². The zero-order valence-corrected chi connectivity index (χ0v) is 25.3. The molecule has 4 N–H and O–H groups in total. The fraction of sp³-hybridized carbons (Fsp3) is 0.833. The molecule has 0 amide bonds. The monoisotopic (exact) mass is 562 g/mol. The van der Waals surface area contributed by atoms with E-state index >= 15 is 0 Å². The van der Waals surface area contributed by atoms with Crippen LogP contribution in [0.5, 0.6) is 0 Å². The Morgan fingerprint density at radius 3 is 1.27 bits per heavy atom. The second kappa shape index (κ2) is 22.7. The summed E-state index contributed by atoms with van der Waals surface area (Å²) >= 11 is 0. The minimum absolute atomic E-state index is 0. The van der Waals surface area contributed by atoms with Crippen molar-refractivity contribution < 1.29 is 82.1 Å². The molecule has 0 rings (SSSR count). The first-order chi connectivity index (χ1) is 16.8. The summed E-state index contributed by atoms with van der Waals surface area (Å²) in [5, 5.41) is 34.7. The van der Waals surface area contributed by atoms with Gasteiger partial charge >= 0.3 is 47.5 Å². The van der Waals surface area contributed by atoms with Crippen molar-refractivity contribution >= 4 is 34.0 Å². The largest absolute Gasteiger partial charge is 1.00 e.